The van der Waals surface area contributed by atoms with Crippen molar-refractivity contribution >= 4 is 23.3 Å². The van der Waals surface area contributed by atoms with E-state index in [1.54, 1.807) is 22.9 Å². The molecule has 0 aliphatic rings. The summed E-state index contributed by atoms with van der Waals surface area (Å²) in [6.07, 6.45) is 3.23. The normalized spacial score (nSPS) is 10.8. The van der Waals surface area contributed by atoms with E-state index in [2.05, 4.69) is 15.0 Å². The smallest absolute Gasteiger partial charge is 0.271 e. The molecule has 7 nitrogen and oxygen atoms in total. The molecule has 122 valence electrons. The van der Waals surface area contributed by atoms with Crippen LogP contribution in [0.3, 0.4) is 0 Å². The Morgan fingerprint density at radius 2 is 2.08 bits per heavy atom. The average molecular weight is 347 g/mol. The second kappa shape index (κ2) is 6.25. The topological polar surface area (TPSA) is 113 Å². The summed E-state index contributed by atoms with van der Waals surface area (Å²) in [5.74, 6) is -1.36. The molecule has 9 heteroatoms. The zero-order chi connectivity index (χ0) is 17.3. The van der Waals surface area contributed by atoms with Crippen molar-refractivity contribution in [1.29, 1.82) is 0 Å². The van der Waals surface area contributed by atoms with Gasteiger partial charge in [0.05, 0.1) is 17.9 Å². The first kappa shape index (κ1) is 15.9. The molecule has 1 amide bonds. The number of carbonyl (C=O) groups excluding carboxylic acids is 1. The number of nitrogens with zero attached hydrogens (tertiary/aromatic N) is 4. The molecule has 24 heavy (non-hydrogen) atoms. The summed E-state index contributed by atoms with van der Waals surface area (Å²) in [6.45, 7) is 0.171. The van der Waals surface area contributed by atoms with Crippen LogP contribution in [0.5, 0.6) is 0 Å². The molecule has 4 N–H and O–H groups in total. The minimum atomic E-state index is -0.820. The molecule has 0 aliphatic carbocycles. The number of hydrogen-bond acceptors (Lipinski definition) is 5. The fourth-order valence-electron chi connectivity index (χ4n) is 2.24. The van der Waals surface area contributed by atoms with Gasteiger partial charge >= 0.3 is 0 Å². The summed E-state index contributed by atoms with van der Waals surface area (Å²) >= 11 is 6.10. The van der Waals surface area contributed by atoms with Crippen LogP contribution < -0.4 is 11.5 Å². The van der Waals surface area contributed by atoms with Gasteiger partial charge in [0, 0.05) is 12.4 Å². The summed E-state index contributed by atoms with van der Waals surface area (Å²) in [4.78, 5) is 23.3. The Hall–Kier alpha value is -3.00. The molecule has 0 aliphatic heterocycles. The predicted molar refractivity (Wildman–Crippen MR) is 86.7 cm³/mol. The fraction of sp³-hybridized carbons (Fsp3) is 0.0667. The van der Waals surface area contributed by atoms with Crippen LogP contribution in [0.2, 0.25) is 5.15 Å². The largest absolute Gasteiger partial charge is 0.382 e. The van der Waals surface area contributed by atoms with Gasteiger partial charge in [0.2, 0.25) is 0 Å². The molecule has 3 heterocycles. The molecule has 0 atom stereocenters. The van der Waals surface area contributed by atoms with Crippen LogP contribution in [0.1, 0.15) is 16.2 Å². The summed E-state index contributed by atoms with van der Waals surface area (Å²) in [6, 6.07) is 6.31. The van der Waals surface area contributed by atoms with Gasteiger partial charge in [0.1, 0.15) is 11.5 Å². The molecular weight excluding hydrogens is 335 g/mol. The van der Waals surface area contributed by atoms with E-state index in [-0.39, 0.29) is 34.6 Å². The molecule has 3 rings (SSSR count). The zero-order valence-corrected chi connectivity index (χ0v) is 13.0. The second-order valence-corrected chi connectivity index (χ2v) is 5.27. The minimum Gasteiger partial charge on any atom is -0.382 e. The van der Waals surface area contributed by atoms with Crippen LogP contribution in [0.25, 0.3) is 11.4 Å². The van der Waals surface area contributed by atoms with Gasteiger partial charge in [-0.15, -0.1) is 0 Å². The number of anilines is 1. The lowest BCUT2D eigenvalue weighted by Crippen LogP contribution is -2.17. The standard InChI is InChI=1S/C15H12ClFN6O/c16-13-11(22-14(18)12(21-13)15(19)24)10-4-2-6-23(10)7-9-8(17)3-1-5-20-9/h1-6H,7H2,(H2,18,22)(H2,19,24). The minimum absolute atomic E-state index is 0.0283. The summed E-state index contributed by atoms with van der Waals surface area (Å²) < 4.78 is 15.5. The number of pyridine rings is 1. The maximum atomic E-state index is 13.8. The van der Waals surface area contributed by atoms with Crippen molar-refractivity contribution in [2.45, 2.75) is 6.54 Å². The van der Waals surface area contributed by atoms with E-state index in [9.17, 15) is 9.18 Å². The van der Waals surface area contributed by atoms with E-state index in [0.29, 0.717) is 5.69 Å². The number of primary amides is 1. The quantitative estimate of drug-likeness (QED) is 0.748. The highest BCUT2D eigenvalue weighted by molar-refractivity contribution is 6.32. The molecule has 3 aromatic rings. The second-order valence-electron chi connectivity index (χ2n) is 4.91. The van der Waals surface area contributed by atoms with Crippen LogP contribution in [0.4, 0.5) is 10.2 Å². The van der Waals surface area contributed by atoms with Crippen LogP contribution in [0.15, 0.2) is 36.7 Å². The number of amides is 1. The first-order valence-corrected chi connectivity index (χ1v) is 7.23. The maximum absolute atomic E-state index is 13.8. The van der Waals surface area contributed by atoms with Gasteiger partial charge in [0.15, 0.2) is 16.7 Å². The molecule has 0 unspecified atom stereocenters. The first-order chi connectivity index (χ1) is 11.5. The molecule has 0 saturated carbocycles. The highest BCUT2D eigenvalue weighted by Gasteiger charge is 2.18. The lowest BCUT2D eigenvalue weighted by Gasteiger charge is -2.11. The summed E-state index contributed by atoms with van der Waals surface area (Å²) in [5, 5.41) is -0.0283. The summed E-state index contributed by atoms with van der Waals surface area (Å²) in [5.41, 5.74) is 11.8. The average Bonchev–Trinajstić information content (AvgIpc) is 2.99. The van der Waals surface area contributed by atoms with E-state index in [1.165, 1.54) is 18.3 Å². The first-order valence-electron chi connectivity index (χ1n) is 6.85. The van der Waals surface area contributed by atoms with Gasteiger partial charge in [-0.1, -0.05) is 11.6 Å². The Morgan fingerprint density at radius 1 is 1.29 bits per heavy atom. The summed E-state index contributed by atoms with van der Waals surface area (Å²) in [7, 11) is 0. The Bertz CT molecular complexity index is 926. The van der Waals surface area contributed by atoms with E-state index >= 15 is 0 Å². The van der Waals surface area contributed by atoms with Crippen LogP contribution in [0, 0.1) is 5.82 Å². The molecule has 3 aromatic heterocycles. The SMILES string of the molecule is NC(=O)c1nc(Cl)c(-c2cccn2Cc2ncccc2F)nc1N. The predicted octanol–water partition coefficient (Wildman–Crippen LogP) is 1.86. The number of nitrogens with two attached hydrogens (primary N) is 2. The van der Waals surface area contributed by atoms with Crippen molar-refractivity contribution in [1.82, 2.24) is 19.5 Å². The van der Waals surface area contributed by atoms with E-state index < -0.39 is 11.7 Å². The van der Waals surface area contributed by atoms with Crippen LogP contribution in [-0.4, -0.2) is 25.4 Å². The van der Waals surface area contributed by atoms with Crippen molar-refractivity contribution in [3.63, 3.8) is 0 Å². The Balaban J connectivity index is 2.03. The van der Waals surface area contributed by atoms with Crippen molar-refractivity contribution < 1.29 is 9.18 Å². The number of halogens is 2. The van der Waals surface area contributed by atoms with E-state index in [0.717, 1.165) is 0 Å². The fourth-order valence-corrected chi connectivity index (χ4v) is 2.46. The monoisotopic (exact) mass is 346 g/mol. The van der Waals surface area contributed by atoms with E-state index in [4.69, 9.17) is 23.1 Å². The molecule has 0 spiro atoms. The number of carbonyl (C=O) groups is 1. The van der Waals surface area contributed by atoms with E-state index in [1.807, 2.05) is 0 Å². The van der Waals surface area contributed by atoms with Crippen molar-refractivity contribution in [3.05, 3.63) is 59.0 Å². The Kier molecular flexibility index (Phi) is 4.13. The van der Waals surface area contributed by atoms with Crippen LogP contribution in [-0.2, 0) is 6.54 Å². The molecule has 0 saturated heterocycles. The molecular formula is C15H12ClFN6O. The number of hydrogen-bond donors (Lipinski definition) is 2. The molecule has 0 aromatic carbocycles. The molecule has 0 bridgehead atoms. The van der Waals surface area contributed by atoms with Gasteiger partial charge in [-0.3, -0.25) is 9.78 Å². The lowest BCUT2D eigenvalue weighted by molar-refractivity contribution is 0.0996. The van der Waals surface area contributed by atoms with Crippen molar-refractivity contribution in [2.75, 3.05) is 5.73 Å². The third kappa shape index (κ3) is 2.91. The van der Waals surface area contributed by atoms with Gasteiger partial charge in [0.25, 0.3) is 5.91 Å². The highest BCUT2D eigenvalue weighted by Crippen LogP contribution is 2.27. The Labute approximate surface area is 141 Å². The number of nitrogen functional groups attached to an aromatic ring is 1. The maximum Gasteiger partial charge on any atom is 0.271 e. The van der Waals surface area contributed by atoms with Gasteiger partial charge in [-0.05, 0) is 24.3 Å². The number of aromatic nitrogens is 4. The van der Waals surface area contributed by atoms with Gasteiger partial charge in [-0.2, -0.15) is 0 Å². The zero-order valence-electron chi connectivity index (χ0n) is 12.3. The molecule has 0 fully saturated rings. The highest BCUT2D eigenvalue weighted by atomic mass is 35.5. The van der Waals surface area contributed by atoms with Crippen molar-refractivity contribution in [3.8, 4) is 11.4 Å². The lowest BCUT2D eigenvalue weighted by atomic mass is 10.2. The Morgan fingerprint density at radius 3 is 2.79 bits per heavy atom. The third-order valence-electron chi connectivity index (χ3n) is 3.34. The number of rotatable bonds is 4. The van der Waals surface area contributed by atoms with Crippen LogP contribution >= 0.6 is 11.6 Å². The third-order valence-corrected chi connectivity index (χ3v) is 3.60. The molecule has 0 radical (unpaired) electrons. The van der Waals surface area contributed by atoms with Crippen molar-refractivity contribution in [2.24, 2.45) is 5.73 Å². The van der Waals surface area contributed by atoms with Gasteiger partial charge < -0.3 is 16.0 Å². The van der Waals surface area contributed by atoms with Gasteiger partial charge in [-0.25, -0.2) is 14.4 Å².